The Balaban J connectivity index is 1.61. The van der Waals surface area contributed by atoms with Gasteiger partial charge in [-0.3, -0.25) is 14.6 Å². The number of carbonyl (C=O) groups excluding carboxylic acids is 1. The van der Waals surface area contributed by atoms with E-state index < -0.39 is 23.7 Å². The molecule has 2 aromatic rings. The summed E-state index contributed by atoms with van der Waals surface area (Å²) < 4.78 is 13.8. The van der Waals surface area contributed by atoms with Crippen LogP contribution in [0.1, 0.15) is 36.1 Å². The van der Waals surface area contributed by atoms with Gasteiger partial charge in [-0.2, -0.15) is 0 Å². The minimum Gasteiger partial charge on any atom is -0.382 e. The summed E-state index contributed by atoms with van der Waals surface area (Å²) in [6, 6.07) is 13.1. The van der Waals surface area contributed by atoms with Crippen molar-refractivity contribution >= 4 is 11.7 Å². The molecule has 0 saturated carbocycles. The maximum atomic E-state index is 13.8. The maximum absolute atomic E-state index is 13.8. The van der Waals surface area contributed by atoms with E-state index in [1.165, 1.54) is 4.90 Å². The number of aliphatic hydroxyl groups is 1. The van der Waals surface area contributed by atoms with E-state index >= 15 is 0 Å². The van der Waals surface area contributed by atoms with Crippen LogP contribution in [0.4, 0.5) is 10.2 Å². The summed E-state index contributed by atoms with van der Waals surface area (Å²) in [5.41, 5.74) is 1.27. The fourth-order valence-corrected chi connectivity index (χ4v) is 5.50. The molecule has 5 nitrogen and oxygen atoms in total. The van der Waals surface area contributed by atoms with Crippen molar-refractivity contribution in [2.24, 2.45) is 5.92 Å². The average Bonchev–Trinajstić information content (AvgIpc) is 3.13. The number of anilines is 1. The van der Waals surface area contributed by atoms with Gasteiger partial charge in [0.05, 0.1) is 5.69 Å². The Hall–Kier alpha value is -2.75. The summed E-state index contributed by atoms with van der Waals surface area (Å²) in [6.45, 7) is 2.09. The molecule has 4 fully saturated rings. The van der Waals surface area contributed by atoms with Gasteiger partial charge in [0.1, 0.15) is 17.5 Å². The van der Waals surface area contributed by atoms with Crippen LogP contribution in [0.25, 0.3) is 0 Å². The third kappa shape index (κ3) is 3.24. The molecule has 0 radical (unpaired) electrons. The van der Waals surface area contributed by atoms with Crippen LogP contribution < -0.4 is 4.90 Å². The molecule has 5 heterocycles. The largest absolute Gasteiger partial charge is 0.382 e. The molecule has 0 spiro atoms. The number of hydrogen-bond acceptors (Lipinski definition) is 4. The smallest absolute Gasteiger partial charge is 0.262 e. The Morgan fingerprint density at radius 1 is 1.13 bits per heavy atom. The van der Waals surface area contributed by atoms with Crippen LogP contribution in [0, 0.1) is 18.3 Å². The topological polar surface area (TPSA) is 56.7 Å². The lowest BCUT2D eigenvalue weighted by atomic mass is 9.66. The number of carbonyl (C=O) groups is 1. The average molecular weight is 420 g/mol. The van der Waals surface area contributed by atoms with E-state index in [9.17, 15) is 14.3 Å². The Morgan fingerprint density at radius 3 is 2.52 bits per heavy atom. The summed E-state index contributed by atoms with van der Waals surface area (Å²) in [7, 11) is 0. The van der Waals surface area contributed by atoms with Crippen molar-refractivity contribution in [3.05, 3.63) is 59.3 Å². The van der Waals surface area contributed by atoms with Crippen molar-refractivity contribution in [2.75, 3.05) is 24.5 Å². The number of hydrogen-bond donors (Lipinski definition) is 1. The maximum Gasteiger partial charge on any atom is 0.262 e. The molecule has 1 amide bonds. The lowest BCUT2D eigenvalue weighted by molar-refractivity contribution is -0.143. The van der Waals surface area contributed by atoms with Crippen LogP contribution in [-0.4, -0.2) is 52.7 Å². The highest BCUT2D eigenvalue weighted by Gasteiger charge is 2.54. The van der Waals surface area contributed by atoms with Gasteiger partial charge in [-0.15, -0.1) is 6.42 Å². The Bertz CT molecular complexity index is 1030. The summed E-state index contributed by atoms with van der Waals surface area (Å²) >= 11 is 0. The Labute approximate surface area is 181 Å². The van der Waals surface area contributed by atoms with E-state index in [4.69, 9.17) is 11.4 Å². The van der Waals surface area contributed by atoms with Crippen molar-refractivity contribution < 1.29 is 14.3 Å². The molecular formula is C25H26FN3O2. The van der Waals surface area contributed by atoms with Gasteiger partial charge in [0, 0.05) is 24.9 Å². The molecule has 4 aliphatic heterocycles. The SMILES string of the molecule is C#CC1N2CCC(CC2)[C@@]1(O)c1ccc(N2CC[C@H](F)C2=O)nc1Cc1ccccc1. The normalized spacial score (nSPS) is 32.3. The number of halogens is 1. The van der Waals surface area contributed by atoms with Crippen LogP contribution in [0.15, 0.2) is 42.5 Å². The first-order chi connectivity index (χ1) is 15.0. The minimum absolute atomic E-state index is 0.0596. The Kier molecular flexibility index (Phi) is 5.04. The first-order valence-corrected chi connectivity index (χ1v) is 10.9. The van der Waals surface area contributed by atoms with Gasteiger partial charge in [0.2, 0.25) is 0 Å². The van der Waals surface area contributed by atoms with Gasteiger partial charge >= 0.3 is 0 Å². The number of amides is 1. The fourth-order valence-electron chi connectivity index (χ4n) is 5.50. The van der Waals surface area contributed by atoms with Crippen LogP contribution in [0.2, 0.25) is 0 Å². The molecule has 6 rings (SSSR count). The molecule has 160 valence electrons. The third-order valence-corrected chi connectivity index (χ3v) is 7.11. The molecule has 4 aliphatic rings. The number of terminal acetylenes is 1. The van der Waals surface area contributed by atoms with E-state index in [1.54, 1.807) is 6.07 Å². The van der Waals surface area contributed by atoms with Gasteiger partial charge in [-0.1, -0.05) is 42.3 Å². The standard InChI is InChI=1S/C25H26FN3O2/c1-2-22-25(31,18-10-13-28(22)14-11-18)19-8-9-23(29-15-12-20(26)24(29)30)27-21(19)16-17-6-4-3-5-7-17/h1,3-9,18,20,22,31H,10-16H2/t20-,22?,25+/m0/s1. The molecule has 0 aliphatic carbocycles. The summed E-state index contributed by atoms with van der Waals surface area (Å²) in [6.07, 6.45) is 6.87. The number of piperidine rings is 3. The molecule has 3 atom stereocenters. The van der Waals surface area contributed by atoms with Gasteiger partial charge < -0.3 is 5.11 Å². The van der Waals surface area contributed by atoms with Crippen molar-refractivity contribution in [3.8, 4) is 12.3 Å². The predicted molar refractivity (Wildman–Crippen MR) is 116 cm³/mol. The molecule has 4 saturated heterocycles. The summed E-state index contributed by atoms with van der Waals surface area (Å²) in [5.74, 6) is 2.78. The van der Waals surface area contributed by atoms with Crippen molar-refractivity contribution in [3.63, 3.8) is 0 Å². The molecule has 2 bridgehead atoms. The second-order valence-corrected chi connectivity index (χ2v) is 8.78. The zero-order valence-electron chi connectivity index (χ0n) is 17.4. The first-order valence-electron chi connectivity index (χ1n) is 10.9. The number of benzene rings is 1. The number of alkyl halides is 1. The zero-order valence-corrected chi connectivity index (χ0v) is 17.4. The number of rotatable bonds is 4. The molecule has 31 heavy (non-hydrogen) atoms. The number of nitrogens with zero attached hydrogens (tertiary/aromatic N) is 3. The first kappa shape index (κ1) is 20.2. The summed E-state index contributed by atoms with van der Waals surface area (Å²) in [4.78, 5) is 20.6. The molecular weight excluding hydrogens is 393 g/mol. The molecule has 1 aromatic heterocycles. The minimum atomic E-state index is -1.48. The van der Waals surface area contributed by atoms with Crippen LogP contribution in [-0.2, 0) is 16.8 Å². The van der Waals surface area contributed by atoms with E-state index in [2.05, 4.69) is 10.8 Å². The number of pyridine rings is 1. The Morgan fingerprint density at radius 2 is 1.87 bits per heavy atom. The van der Waals surface area contributed by atoms with E-state index in [0.29, 0.717) is 24.5 Å². The van der Waals surface area contributed by atoms with Crippen LogP contribution in [0.3, 0.4) is 0 Å². The summed E-state index contributed by atoms with van der Waals surface area (Å²) in [5, 5.41) is 12.0. The molecule has 1 unspecified atom stereocenters. The van der Waals surface area contributed by atoms with Crippen molar-refractivity contribution in [2.45, 2.75) is 43.5 Å². The van der Waals surface area contributed by atoms with Crippen LogP contribution in [0.5, 0.6) is 0 Å². The lowest BCUT2D eigenvalue weighted by Crippen LogP contribution is -2.63. The van der Waals surface area contributed by atoms with E-state index in [-0.39, 0.29) is 12.3 Å². The third-order valence-electron chi connectivity index (χ3n) is 7.11. The quantitative estimate of drug-likeness (QED) is 0.775. The second-order valence-electron chi connectivity index (χ2n) is 8.78. The van der Waals surface area contributed by atoms with Gasteiger partial charge in [0.25, 0.3) is 5.91 Å². The highest BCUT2D eigenvalue weighted by molar-refractivity contribution is 5.97. The molecule has 1 aromatic carbocycles. The highest BCUT2D eigenvalue weighted by atomic mass is 19.1. The zero-order chi connectivity index (χ0) is 21.6. The molecule has 1 N–H and O–H groups in total. The van der Waals surface area contributed by atoms with Gasteiger partial charge in [-0.05, 0) is 43.5 Å². The second kappa shape index (κ2) is 7.74. The molecule has 6 heteroatoms. The number of fused-ring (bicyclic) bond motifs is 3. The lowest BCUT2D eigenvalue weighted by Gasteiger charge is -2.54. The van der Waals surface area contributed by atoms with Gasteiger partial charge in [-0.25, -0.2) is 9.37 Å². The van der Waals surface area contributed by atoms with Crippen LogP contribution >= 0.6 is 0 Å². The highest BCUT2D eigenvalue weighted by Crippen LogP contribution is 2.48. The van der Waals surface area contributed by atoms with Crippen molar-refractivity contribution in [1.82, 2.24) is 9.88 Å². The monoisotopic (exact) mass is 419 g/mol. The fraction of sp³-hybridized carbons (Fsp3) is 0.440. The predicted octanol–water partition coefficient (Wildman–Crippen LogP) is 2.66. The van der Waals surface area contributed by atoms with Crippen molar-refractivity contribution in [1.29, 1.82) is 0 Å². The van der Waals surface area contributed by atoms with E-state index in [0.717, 1.165) is 37.1 Å². The van der Waals surface area contributed by atoms with E-state index in [1.807, 2.05) is 36.4 Å². The number of aromatic nitrogens is 1. The van der Waals surface area contributed by atoms with Gasteiger partial charge in [0.15, 0.2) is 6.17 Å².